The highest BCUT2D eigenvalue weighted by molar-refractivity contribution is 6.29. The van der Waals surface area contributed by atoms with Gasteiger partial charge in [-0.1, -0.05) is 17.7 Å². The Morgan fingerprint density at radius 2 is 2.47 bits per heavy atom. The zero-order valence-corrected chi connectivity index (χ0v) is 9.67. The lowest BCUT2D eigenvalue weighted by atomic mass is 10.2. The summed E-state index contributed by atoms with van der Waals surface area (Å²) >= 11 is 5.72. The topological polar surface area (TPSA) is 28.2 Å². The molecular weight excluding hydrogens is 210 g/mol. The van der Waals surface area contributed by atoms with E-state index in [-0.39, 0.29) is 0 Å². The number of halogens is 1. The Kier molecular flexibility index (Phi) is 3.57. The van der Waals surface area contributed by atoms with Crippen molar-refractivity contribution >= 4 is 11.6 Å². The standard InChI is InChI=1S/C11H16ClN3/c1-15-5-4-10(8-15)13-6-9-2-3-11(12)14-7-9/h2-3,7,10,13H,4-6,8H2,1H3. The van der Waals surface area contributed by atoms with Crippen LogP contribution in [0.2, 0.25) is 5.15 Å². The van der Waals surface area contributed by atoms with E-state index in [4.69, 9.17) is 11.6 Å². The van der Waals surface area contributed by atoms with Crippen molar-refractivity contribution in [2.45, 2.75) is 19.0 Å². The molecule has 0 spiro atoms. The molecule has 1 fully saturated rings. The number of hydrogen-bond acceptors (Lipinski definition) is 3. The molecule has 1 saturated heterocycles. The minimum atomic E-state index is 0.555. The zero-order valence-electron chi connectivity index (χ0n) is 8.91. The Morgan fingerprint density at radius 1 is 1.60 bits per heavy atom. The lowest BCUT2D eigenvalue weighted by Crippen LogP contribution is -2.30. The molecule has 1 aromatic rings. The van der Waals surface area contributed by atoms with E-state index in [0.717, 1.165) is 13.1 Å². The van der Waals surface area contributed by atoms with Crippen LogP contribution in [0.15, 0.2) is 18.3 Å². The lowest BCUT2D eigenvalue weighted by Gasteiger charge is -2.12. The van der Waals surface area contributed by atoms with E-state index in [1.54, 1.807) is 0 Å². The second kappa shape index (κ2) is 4.92. The van der Waals surface area contributed by atoms with E-state index in [0.29, 0.717) is 11.2 Å². The van der Waals surface area contributed by atoms with Crippen LogP contribution in [-0.2, 0) is 6.54 Å². The number of pyridine rings is 1. The molecule has 0 saturated carbocycles. The summed E-state index contributed by atoms with van der Waals surface area (Å²) in [5, 5.41) is 4.08. The molecule has 1 aliphatic heterocycles. The van der Waals surface area contributed by atoms with E-state index < -0.39 is 0 Å². The minimum Gasteiger partial charge on any atom is -0.309 e. The predicted molar refractivity (Wildman–Crippen MR) is 62.0 cm³/mol. The molecule has 1 unspecified atom stereocenters. The number of aromatic nitrogens is 1. The molecule has 0 bridgehead atoms. The average molecular weight is 226 g/mol. The quantitative estimate of drug-likeness (QED) is 0.791. The van der Waals surface area contributed by atoms with Crippen LogP contribution in [0.1, 0.15) is 12.0 Å². The third-order valence-corrected chi connectivity index (χ3v) is 3.00. The van der Waals surface area contributed by atoms with Gasteiger partial charge < -0.3 is 10.2 Å². The molecule has 1 N–H and O–H groups in total. The fourth-order valence-corrected chi connectivity index (χ4v) is 1.99. The van der Waals surface area contributed by atoms with Crippen molar-refractivity contribution in [1.82, 2.24) is 15.2 Å². The van der Waals surface area contributed by atoms with Gasteiger partial charge in [-0.05, 0) is 31.6 Å². The fourth-order valence-electron chi connectivity index (χ4n) is 1.87. The Hall–Kier alpha value is -0.640. The molecule has 1 aliphatic rings. The van der Waals surface area contributed by atoms with Crippen LogP contribution in [0.4, 0.5) is 0 Å². The van der Waals surface area contributed by atoms with Gasteiger partial charge in [-0.2, -0.15) is 0 Å². The van der Waals surface area contributed by atoms with E-state index >= 15 is 0 Å². The summed E-state index contributed by atoms with van der Waals surface area (Å²) in [6, 6.07) is 4.46. The molecule has 3 nitrogen and oxygen atoms in total. The van der Waals surface area contributed by atoms with Gasteiger partial charge in [0.25, 0.3) is 0 Å². The first kappa shape index (κ1) is 10.9. The molecule has 4 heteroatoms. The molecule has 2 rings (SSSR count). The van der Waals surface area contributed by atoms with Gasteiger partial charge in [0.05, 0.1) is 0 Å². The van der Waals surface area contributed by atoms with Crippen LogP contribution in [-0.4, -0.2) is 36.1 Å². The highest BCUT2D eigenvalue weighted by Gasteiger charge is 2.18. The molecule has 0 radical (unpaired) electrons. The summed E-state index contributed by atoms with van der Waals surface area (Å²) in [5.41, 5.74) is 1.19. The highest BCUT2D eigenvalue weighted by Crippen LogP contribution is 2.08. The largest absolute Gasteiger partial charge is 0.309 e. The van der Waals surface area contributed by atoms with Crippen LogP contribution in [0, 0.1) is 0 Å². The monoisotopic (exact) mass is 225 g/mol. The molecule has 0 aliphatic carbocycles. The van der Waals surface area contributed by atoms with E-state index in [2.05, 4.69) is 22.2 Å². The van der Waals surface area contributed by atoms with E-state index in [9.17, 15) is 0 Å². The number of likely N-dealkylation sites (N-methyl/N-ethyl adjacent to an activating group) is 1. The number of hydrogen-bond donors (Lipinski definition) is 1. The molecular formula is C11H16ClN3. The Balaban J connectivity index is 1.80. The summed E-state index contributed by atoms with van der Waals surface area (Å²) in [7, 11) is 2.16. The molecule has 15 heavy (non-hydrogen) atoms. The summed E-state index contributed by atoms with van der Waals surface area (Å²) in [6.07, 6.45) is 3.06. The van der Waals surface area contributed by atoms with Crippen LogP contribution in [0.3, 0.4) is 0 Å². The molecule has 2 heterocycles. The van der Waals surface area contributed by atoms with Gasteiger partial charge in [-0.3, -0.25) is 0 Å². The third-order valence-electron chi connectivity index (χ3n) is 2.77. The summed E-state index contributed by atoms with van der Waals surface area (Å²) in [5.74, 6) is 0. The number of rotatable bonds is 3. The Bertz CT molecular complexity index is 312. The maximum atomic E-state index is 5.72. The second-order valence-electron chi connectivity index (χ2n) is 4.12. The van der Waals surface area contributed by atoms with Gasteiger partial charge >= 0.3 is 0 Å². The first-order chi connectivity index (χ1) is 7.24. The van der Waals surface area contributed by atoms with Crippen LogP contribution >= 0.6 is 11.6 Å². The van der Waals surface area contributed by atoms with Crippen molar-refractivity contribution in [3.8, 4) is 0 Å². The van der Waals surface area contributed by atoms with Gasteiger partial charge in [0.1, 0.15) is 5.15 Å². The minimum absolute atomic E-state index is 0.555. The number of nitrogens with one attached hydrogen (secondary N) is 1. The Morgan fingerprint density at radius 3 is 3.07 bits per heavy atom. The van der Waals surface area contributed by atoms with Gasteiger partial charge in [0.2, 0.25) is 0 Å². The number of likely N-dealkylation sites (tertiary alicyclic amines) is 1. The maximum Gasteiger partial charge on any atom is 0.129 e. The van der Waals surface area contributed by atoms with Crippen molar-refractivity contribution in [1.29, 1.82) is 0 Å². The lowest BCUT2D eigenvalue weighted by molar-refractivity contribution is 0.397. The van der Waals surface area contributed by atoms with Gasteiger partial charge in [-0.25, -0.2) is 4.98 Å². The zero-order chi connectivity index (χ0) is 10.7. The molecule has 0 amide bonds. The van der Waals surface area contributed by atoms with Crippen molar-refractivity contribution in [3.05, 3.63) is 29.0 Å². The Labute approximate surface area is 95.4 Å². The maximum absolute atomic E-state index is 5.72. The predicted octanol–water partition coefficient (Wildman–Crippen LogP) is 1.53. The molecule has 1 atom stereocenters. The SMILES string of the molecule is CN1CCC(NCc2ccc(Cl)nc2)C1. The van der Waals surface area contributed by atoms with Crippen LogP contribution < -0.4 is 5.32 Å². The smallest absolute Gasteiger partial charge is 0.129 e. The first-order valence-corrected chi connectivity index (χ1v) is 5.64. The second-order valence-corrected chi connectivity index (χ2v) is 4.51. The first-order valence-electron chi connectivity index (χ1n) is 5.26. The van der Waals surface area contributed by atoms with Crippen molar-refractivity contribution in [3.63, 3.8) is 0 Å². The van der Waals surface area contributed by atoms with Crippen molar-refractivity contribution < 1.29 is 0 Å². The van der Waals surface area contributed by atoms with Crippen molar-refractivity contribution in [2.75, 3.05) is 20.1 Å². The summed E-state index contributed by atoms with van der Waals surface area (Å²) < 4.78 is 0. The van der Waals surface area contributed by atoms with Crippen LogP contribution in [0.5, 0.6) is 0 Å². The van der Waals surface area contributed by atoms with Gasteiger partial charge in [0.15, 0.2) is 0 Å². The highest BCUT2D eigenvalue weighted by atomic mass is 35.5. The average Bonchev–Trinajstić information content (AvgIpc) is 2.64. The normalized spacial score (nSPS) is 22.1. The number of nitrogens with zero attached hydrogens (tertiary/aromatic N) is 2. The summed E-state index contributed by atoms with van der Waals surface area (Å²) in [6.45, 7) is 3.21. The molecule has 1 aromatic heterocycles. The molecule has 0 aromatic carbocycles. The van der Waals surface area contributed by atoms with Gasteiger partial charge in [-0.15, -0.1) is 0 Å². The van der Waals surface area contributed by atoms with Crippen molar-refractivity contribution in [2.24, 2.45) is 0 Å². The van der Waals surface area contributed by atoms with E-state index in [1.807, 2.05) is 18.3 Å². The van der Waals surface area contributed by atoms with Gasteiger partial charge in [0, 0.05) is 25.3 Å². The van der Waals surface area contributed by atoms with Crippen LogP contribution in [0.25, 0.3) is 0 Å². The summed E-state index contributed by atoms with van der Waals surface area (Å²) in [4.78, 5) is 6.40. The fraction of sp³-hybridized carbons (Fsp3) is 0.545. The molecule has 82 valence electrons. The third kappa shape index (κ3) is 3.16. The van der Waals surface area contributed by atoms with E-state index in [1.165, 1.54) is 18.5 Å².